The summed E-state index contributed by atoms with van der Waals surface area (Å²) in [5, 5.41) is 0. The van der Waals surface area contributed by atoms with Gasteiger partial charge < -0.3 is 14.2 Å². The topological polar surface area (TPSA) is 30.3 Å². The lowest BCUT2D eigenvalue weighted by Crippen LogP contribution is -2.35. The van der Waals surface area contributed by atoms with Gasteiger partial charge in [-0.15, -0.1) is 0 Å². The van der Waals surface area contributed by atoms with Crippen LogP contribution in [0.3, 0.4) is 0 Å². The van der Waals surface area contributed by atoms with Crippen molar-refractivity contribution < 1.29 is 4.74 Å². The van der Waals surface area contributed by atoms with Gasteiger partial charge in [-0.2, -0.15) is 0 Å². The molecule has 2 aliphatic rings. The van der Waals surface area contributed by atoms with E-state index in [2.05, 4.69) is 91.2 Å². The molecule has 5 rings (SSSR count). The third kappa shape index (κ3) is 3.95. The molecule has 0 bridgehead atoms. The summed E-state index contributed by atoms with van der Waals surface area (Å²) in [6, 6.07) is 19.5. The van der Waals surface area contributed by atoms with E-state index in [9.17, 15) is 0 Å². The lowest BCUT2D eigenvalue weighted by molar-refractivity contribution is -0.0276. The van der Waals surface area contributed by atoms with E-state index in [1.165, 1.54) is 16.7 Å². The predicted octanol–water partition coefficient (Wildman–Crippen LogP) is 4.97. The number of imidazole rings is 1. The minimum atomic E-state index is -0.155. The van der Waals surface area contributed by atoms with Crippen LogP contribution in [0.4, 0.5) is 0 Å². The van der Waals surface area contributed by atoms with Crippen LogP contribution in [-0.4, -0.2) is 40.7 Å². The fourth-order valence-corrected chi connectivity index (χ4v) is 4.97. The first-order valence-corrected chi connectivity index (χ1v) is 11.6. The molecule has 31 heavy (non-hydrogen) atoms. The quantitative estimate of drug-likeness (QED) is 0.603. The molecule has 162 valence electrons. The van der Waals surface area contributed by atoms with Crippen molar-refractivity contribution in [2.75, 3.05) is 20.1 Å². The maximum Gasteiger partial charge on any atom is 0.142 e. The third-order valence-electron chi connectivity index (χ3n) is 7.13. The SMILES string of the molecule is CN1CCC(OC2c3ccccc3CCn3cc(C(C)(C)c4ccccc4)nc32)CC1. The molecule has 1 unspecified atom stereocenters. The Morgan fingerprint density at radius 3 is 2.42 bits per heavy atom. The fraction of sp³-hybridized carbons (Fsp3) is 0.444. The van der Waals surface area contributed by atoms with Gasteiger partial charge in [0.05, 0.1) is 11.8 Å². The number of benzene rings is 2. The van der Waals surface area contributed by atoms with Gasteiger partial charge in [-0.25, -0.2) is 4.98 Å². The molecule has 2 aliphatic heterocycles. The molecule has 1 saturated heterocycles. The number of hydrogen-bond donors (Lipinski definition) is 0. The van der Waals surface area contributed by atoms with E-state index in [-0.39, 0.29) is 17.6 Å². The first-order valence-electron chi connectivity index (χ1n) is 11.6. The number of aromatic nitrogens is 2. The molecule has 0 radical (unpaired) electrons. The second-order valence-corrected chi connectivity index (χ2v) is 9.64. The van der Waals surface area contributed by atoms with Crippen molar-refractivity contribution in [2.45, 2.75) is 57.3 Å². The molecule has 1 fully saturated rings. The van der Waals surface area contributed by atoms with Gasteiger partial charge in [0.1, 0.15) is 11.9 Å². The average Bonchev–Trinajstić information content (AvgIpc) is 3.17. The zero-order valence-electron chi connectivity index (χ0n) is 18.9. The lowest BCUT2D eigenvalue weighted by Gasteiger charge is -2.32. The normalized spacial score (nSPS) is 20.2. The average molecular weight is 416 g/mol. The van der Waals surface area contributed by atoms with Crippen LogP contribution in [0.2, 0.25) is 0 Å². The highest BCUT2D eigenvalue weighted by molar-refractivity contribution is 5.38. The van der Waals surface area contributed by atoms with Gasteiger partial charge in [-0.3, -0.25) is 0 Å². The summed E-state index contributed by atoms with van der Waals surface area (Å²) in [5.74, 6) is 1.06. The molecule has 3 aromatic rings. The van der Waals surface area contributed by atoms with Gasteiger partial charge in [-0.05, 0) is 43.0 Å². The Labute approximate surface area is 185 Å². The maximum atomic E-state index is 6.84. The summed E-state index contributed by atoms with van der Waals surface area (Å²) >= 11 is 0. The van der Waals surface area contributed by atoms with Crippen LogP contribution in [0.1, 0.15) is 61.0 Å². The van der Waals surface area contributed by atoms with E-state index in [4.69, 9.17) is 9.72 Å². The fourth-order valence-electron chi connectivity index (χ4n) is 4.97. The van der Waals surface area contributed by atoms with Crippen LogP contribution in [-0.2, 0) is 23.1 Å². The number of likely N-dealkylation sites (tertiary alicyclic amines) is 1. The molecule has 0 aliphatic carbocycles. The van der Waals surface area contributed by atoms with Crippen molar-refractivity contribution in [2.24, 2.45) is 0 Å². The van der Waals surface area contributed by atoms with E-state index < -0.39 is 0 Å². The number of hydrogen-bond acceptors (Lipinski definition) is 3. The summed E-state index contributed by atoms with van der Waals surface area (Å²) in [6.07, 6.45) is 5.61. The molecule has 1 aromatic heterocycles. The van der Waals surface area contributed by atoms with Gasteiger partial charge in [0.15, 0.2) is 0 Å². The monoisotopic (exact) mass is 415 g/mol. The molecule has 4 heteroatoms. The van der Waals surface area contributed by atoms with Crippen molar-refractivity contribution in [1.29, 1.82) is 0 Å². The molecule has 0 saturated carbocycles. The van der Waals surface area contributed by atoms with Crippen LogP contribution in [0.15, 0.2) is 60.8 Å². The van der Waals surface area contributed by atoms with Crippen molar-refractivity contribution >= 4 is 0 Å². The predicted molar refractivity (Wildman–Crippen MR) is 124 cm³/mol. The van der Waals surface area contributed by atoms with Crippen molar-refractivity contribution in [3.8, 4) is 0 Å². The molecule has 0 amide bonds. The Morgan fingerprint density at radius 2 is 1.65 bits per heavy atom. The molecule has 4 nitrogen and oxygen atoms in total. The highest BCUT2D eigenvalue weighted by Crippen LogP contribution is 2.37. The largest absolute Gasteiger partial charge is 0.362 e. The van der Waals surface area contributed by atoms with Crippen LogP contribution >= 0.6 is 0 Å². The third-order valence-corrected chi connectivity index (χ3v) is 7.13. The Morgan fingerprint density at radius 1 is 0.935 bits per heavy atom. The van der Waals surface area contributed by atoms with Gasteiger partial charge in [0, 0.05) is 31.2 Å². The molecule has 0 N–H and O–H groups in total. The minimum Gasteiger partial charge on any atom is -0.362 e. The van der Waals surface area contributed by atoms with E-state index in [0.29, 0.717) is 0 Å². The van der Waals surface area contributed by atoms with Crippen LogP contribution in [0.25, 0.3) is 0 Å². The molecule has 0 spiro atoms. The number of fused-ring (bicyclic) bond motifs is 2. The van der Waals surface area contributed by atoms with Gasteiger partial charge in [-0.1, -0.05) is 68.4 Å². The summed E-state index contributed by atoms with van der Waals surface area (Å²) in [7, 11) is 2.20. The Bertz CT molecular complexity index is 1030. The van der Waals surface area contributed by atoms with E-state index in [1.807, 2.05) is 0 Å². The van der Waals surface area contributed by atoms with Crippen molar-refractivity contribution in [1.82, 2.24) is 14.5 Å². The molecule has 2 aromatic carbocycles. The number of ether oxygens (including phenoxy) is 1. The van der Waals surface area contributed by atoms with Crippen LogP contribution in [0, 0.1) is 0 Å². The minimum absolute atomic E-state index is 0.104. The molecular weight excluding hydrogens is 382 g/mol. The summed E-state index contributed by atoms with van der Waals surface area (Å²) in [5.41, 5.74) is 4.92. The lowest BCUT2D eigenvalue weighted by atomic mass is 9.82. The van der Waals surface area contributed by atoms with Gasteiger partial charge in [0.25, 0.3) is 0 Å². The number of rotatable bonds is 4. The first kappa shape index (κ1) is 20.5. The van der Waals surface area contributed by atoms with Crippen molar-refractivity contribution in [3.63, 3.8) is 0 Å². The Kier molecular flexibility index (Phi) is 5.45. The van der Waals surface area contributed by atoms with Gasteiger partial charge >= 0.3 is 0 Å². The highest BCUT2D eigenvalue weighted by Gasteiger charge is 2.33. The first-order chi connectivity index (χ1) is 15.0. The van der Waals surface area contributed by atoms with Gasteiger partial charge in [0.2, 0.25) is 0 Å². The number of piperidine rings is 1. The number of aryl methyl sites for hydroxylation is 2. The zero-order valence-corrected chi connectivity index (χ0v) is 18.9. The zero-order chi connectivity index (χ0) is 21.4. The summed E-state index contributed by atoms with van der Waals surface area (Å²) in [4.78, 5) is 7.64. The highest BCUT2D eigenvalue weighted by atomic mass is 16.5. The molecule has 3 heterocycles. The summed E-state index contributed by atoms with van der Waals surface area (Å²) < 4.78 is 9.18. The molecular formula is C27H33N3O. The van der Waals surface area contributed by atoms with Crippen LogP contribution in [0.5, 0.6) is 0 Å². The maximum absolute atomic E-state index is 6.84. The Hall–Kier alpha value is -2.43. The smallest absolute Gasteiger partial charge is 0.142 e. The molecule has 1 atom stereocenters. The summed E-state index contributed by atoms with van der Waals surface area (Å²) in [6.45, 7) is 7.67. The second kappa shape index (κ2) is 8.25. The van der Waals surface area contributed by atoms with Crippen LogP contribution < -0.4 is 0 Å². The second-order valence-electron chi connectivity index (χ2n) is 9.64. The number of nitrogens with zero attached hydrogens (tertiary/aromatic N) is 3. The van der Waals surface area contributed by atoms with Crippen molar-refractivity contribution in [3.05, 3.63) is 89.0 Å². The van der Waals surface area contributed by atoms with E-state index >= 15 is 0 Å². The Balaban J connectivity index is 1.53. The van der Waals surface area contributed by atoms with E-state index in [1.54, 1.807) is 0 Å². The standard InChI is InChI=1S/C27H33N3O/c1-27(2,21-10-5-4-6-11-21)24-19-30-18-13-20-9-7-8-12-23(20)25(26(30)28-24)31-22-14-16-29(3)17-15-22/h4-12,19,22,25H,13-18H2,1-3H3. The van der Waals surface area contributed by atoms with E-state index in [0.717, 1.165) is 50.4 Å².